The van der Waals surface area contributed by atoms with Crippen LogP contribution in [0.5, 0.6) is 0 Å². The molecule has 0 aromatic heterocycles. The van der Waals surface area contributed by atoms with Crippen molar-refractivity contribution in [1.82, 2.24) is 9.80 Å². The lowest BCUT2D eigenvalue weighted by molar-refractivity contribution is 0.0527. The van der Waals surface area contributed by atoms with Crippen LogP contribution in [0.15, 0.2) is 54.6 Å². The molecule has 0 fully saturated rings. The zero-order valence-corrected chi connectivity index (χ0v) is 17.2. The Morgan fingerprint density at radius 3 is 1.52 bits per heavy atom. The first-order valence-corrected chi connectivity index (χ1v) is 10.4. The van der Waals surface area contributed by atoms with E-state index in [1.54, 1.807) is 31.2 Å². The fourth-order valence-corrected chi connectivity index (χ4v) is 4.76. The van der Waals surface area contributed by atoms with Gasteiger partial charge in [0.2, 0.25) is 0 Å². The van der Waals surface area contributed by atoms with Gasteiger partial charge in [0.05, 0.1) is 6.04 Å². The first-order valence-electron chi connectivity index (χ1n) is 10.4. The number of benzene rings is 3. The molecule has 3 aromatic rings. The molecule has 3 aromatic carbocycles. The highest BCUT2D eigenvalue weighted by Crippen LogP contribution is 2.40. The number of nitrogens with zero attached hydrogens (tertiary/aromatic N) is 2. The second-order valence-electron chi connectivity index (χ2n) is 7.74. The van der Waals surface area contributed by atoms with Gasteiger partial charge < -0.3 is 0 Å². The van der Waals surface area contributed by atoms with Crippen LogP contribution in [-0.2, 0) is 0 Å². The number of carbonyl (C=O) groups is 4. The van der Waals surface area contributed by atoms with E-state index >= 15 is 0 Å². The Morgan fingerprint density at radius 2 is 1.10 bits per heavy atom. The Kier molecular flexibility index (Phi) is 4.25. The molecule has 0 radical (unpaired) electrons. The van der Waals surface area contributed by atoms with Crippen molar-refractivity contribution < 1.29 is 19.2 Å². The summed E-state index contributed by atoms with van der Waals surface area (Å²) in [5.41, 5.74) is 2.26. The first kappa shape index (κ1) is 19.2. The van der Waals surface area contributed by atoms with Crippen LogP contribution in [0.3, 0.4) is 0 Å². The smallest absolute Gasteiger partial charge is 0.261 e. The molecule has 4 amide bonds. The largest absolute Gasteiger partial charge is 0.275 e. The van der Waals surface area contributed by atoms with Gasteiger partial charge in [0.15, 0.2) is 0 Å². The van der Waals surface area contributed by atoms with Crippen LogP contribution in [0, 0.1) is 0 Å². The lowest BCUT2D eigenvalue weighted by atomic mass is 9.85. The monoisotopic (exact) mass is 412 g/mol. The van der Waals surface area contributed by atoms with Crippen molar-refractivity contribution in [1.29, 1.82) is 0 Å². The van der Waals surface area contributed by atoms with Crippen LogP contribution in [0.4, 0.5) is 0 Å². The molecule has 6 heteroatoms. The SMILES string of the molecule is CCC(c1ccccc1)N1C(=O)c2ccc3c4c(ccc(c24)C1=O)C(=O)N(CC)C3=O. The van der Waals surface area contributed by atoms with Gasteiger partial charge in [-0.05, 0) is 43.2 Å². The zero-order valence-electron chi connectivity index (χ0n) is 17.2. The van der Waals surface area contributed by atoms with Gasteiger partial charge in [0.25, 0.3) is 23.6 Å². The van der Waals surface area contributed by atoms with Crippen molar-refractivity contribution in [3.05, 3.63) is 82.4 Å². The lowest BCUT2D eigenvalue weighted by Crippen LogP contribution is -2.44. The summed E-state index contributed by atoms with van der Waals surface area (Å²) in [6, 6.07) is 15.5. The Hall–Kier alpha value is -3.80. The molecule has 0 aliphatic carbocycles. The number of rotatable bonds is 4. The van der Waals surface area contributed by atoms with Crippen molar-refractivity contribution in [2.75, 3.05) is 6.54 Å². The summed E-state index contributed by atoms with van der Waals surface area (Å²) in [6.07, 6.45) is 0.568. The maximum absolute atomic E-state index is 13.5. The molecule has 2 aliphatic rings. The normalized spacial score (nSPS) is 16.3. The third-order valence-electron chi connectivity index (χ3n) is 6.21. The average Bonchev–Trinajstić information content (AvgIpc) is 2.79. The minimum atomic E-state index is -0.408. The number of hydrogen-bond donors (Lipinski definition) is 0. The van der Waals surface area contributed by atoms with Crippen LogP contribution in [-0.4, -0.2) is 40.0 Å². The Labute approximate surface area is 179 Å². The molecule has 0 bridgehead atoms. The summed E-state index contributed by atoms with van der Waals surface area (Å²) in [5, 5.41) is 0.811. The van der Waals surface area contributed by atoms with Gasteiger partial charge in [0.1, 0.15) is 0 Å². The van der Waals surface area contributed by atoms with Gasteiger partial charge in [-0.15, -0.1) is 0 Å². The molecule has 0 saturated carbocycles. The molecule has 0 spiro atoms. The van der Waals surface area contributed by atoms with E-state index in [2.05, 4.69) is 0 Å². The first-order chi connectivity index (χ1) is 15.0. The van der Waals surface area contributed by atoms with Crippen molar-refractivity contribution in [2.45, 2.75) is 26.3 Å². The highest BCUT2D eigenvalue weighted by Gasteiger charge is 2.41. The van der Waals surface area contributed by atoms with E-state index in [4.69, 9.17) is 0 Å². The maximum Gasteiger partial charge on any atom is 0.261 e. The number of imide groups is 2. The average molecular weight is 412 g/mol. The predicted molar refractivity (Wildman–Crippen MR) is 115 cm³/mol. The van der Waals surface area contributed by atoms with E-state index in [-0.39, 0.29) is 6.54 Å². The molecule has 6 nitrogen and oxygen atoms in total. The van der Waals surface area contributed by atoms with E-state index in [1.165, 1.54) is 9.80 Å². The van der Waals surface area contributed by atoms with E-state index in [0.717, 1.165) is 5.56 Å². The maximum atomic E-state index is 13.5. The predicted octanol–water partition coefficient (Wildman–Crippen LogP) is 4.20. The molecular weight excluding hydrogens is 392 g/mol. The second kappa shape index (κ2) is 6.87. The Morgan fingerprint density at radius 1 is 0.645 bits per heavy atom. The number of amides is 4. The van der Waals surface area contributed by atoms with E-state index in [1.807, 2.05) is 37.3 Å². The van der Waals surface area contributed by atoms with Crippen molar-refractivity contribution in [3.8, 4) is 0 Å². The lowest BCUT2D eigenvalue weighted by Gasteiger charge is -2.35. The van der Waals surface area contributed by atoms with E-state index < -0.39 is 29.7 Å². The summed E-state index contributed by atoms with van der Waals surface area (Å²) in [4.78, 5) is 55.3. The number of carbonyl (C=O) groups excluding carboxylic acids is 4. The van der Waals surface area contributed by atoms with Crippen LogP contribution < -0.4 is 0 Å². The highest BCUT2D eigenvalue weighted by atomic mass is 16.2. The Balaban J connectivity index is 1.74. The van der Waals surface area contributed by atoms with Crippen LogP contribution in [0.25, 0.3) is 10.8 Å². The molecule has 1 unspecified atom stereocenters. The van der Waals surface area contributed by atoms with Gasteiger partial charge >= 0.3 is 0 Å². The zero-order chi connectivity index (χ0) is 21.9. The quantitative estimate of drug-likeness (QED) is 0.602. The van der Waals surface area contributed by atoms with Gasteiger partial charge in [0, 0.05) is 39.6 Å². The van der Waals surface area contributed by atoms with Crippen molar-refractivity contribution in [3.63, 3.8) is 0 Å². The molecule has 0 N–H and O–H groups in total. The van der Waals surface area contributed by atoms with Gasteiger partial charge in [-0.1, -0.05) is 37.3 Å². The minimum absolute atomic E-state index is 0.253. The molecule has 31 heavy (non-hydrogen) atoms. The third-order valence-corrected chi connectivity index (χ3v) is 6.21. The summed E-state index contributed by atoms with van der Waals surface area (Å²) in [6.45, 7) is 3.93. The summed E-state index contributed by atoms with van der Waals surface area (Å²) in [7, 11) is 0. The molecule has 154 valence electrons. The third kappa shape index (κ3) is 2.51. The van der Waals surface area contributed by atoms with Crippen LogP contribution >= 0.6 is 0 Å². The van der Waals surface area contributed by atoms with Gasteiger partial charge in [-0.3, -0.25) is 29.0 Å². The van der Waals surface area contributed by atoms with Crippen LogP contribution in [0.2, 0.25) is 0 Å². The molecule has 5 rings (SSSR count). The highest BCUT2D eigenvalue weighted by molar-refractivity contribution is 6.33. The molecule has 0 saturated heterocycles. The fourth-order valence-electron chi connectivity index (χ4n) is 4.76. The topological polar surface area (TPSA) is 74.8 Å². The van der Waals surface area contributed by atoms with Gasteiger partial charge in [-0.25, -0.2) is 0 Å². The second-order valence-corrected chi connectivity index (χ2v) is 7.74. The Bertz CT molecular complexity index is 1230. The minimum Gasteiger partial charge on any atom is -0.275 e. The molecule has 2 heterocycles. The van der Waals surface area contributed by atoms with Crippen molar-refractivity contribution >= 4 is 34.4 Å². The van der Waals surface area contributed by atoms with E-state index in [0.29, 0.717) is 39.4 Å². The number of hydrogen-bond acceptors (Lipinski definition) is 4. The summed E-state index contributed by atoms with van der Waals surface area (Å²) >= 11 is 0. The molecular formula is C25H20N2O4. The van der Waals surface area contributed by atoms with Gasteiger partial charge in [-0.2, -0.15) is 0 Å². The summed E-state index contributed by atoms with van der Waals surface area (Å²) < 4.78 is 0. The standard InChI is InChI=1S/C25H20N2O4/c1-3-19(14-8-6-5-7-9-14)27-24(30)17-12-10-15-20-16(23(29)26(4-2)22(15)28)11-13-18(21(17)20)25(27)31/h5-13,19H,3-4H2,1-2H3. The summed E-state index contributed by atoms with van der Waals surface area (Å²) in [5.74, 6) is -1.62. The fraction of sp³-hybridized carbons (Fsp3) is 0.200. The van der Waals surface area contributed by atoms with Crippen molar-refractivity contribution in [2.24, 2.45) is 0 Å². The van der Waals surface area contributed by atoms with E-state index in [9.17, 15) is 19.2 Å². The van der Waals surface area contributed by atoms with Crippen LogP contribution in [0.1, 0.15) is 73.3 Å². The molecule has 1 atom stereocenters. The molecule has 2 aliphatic heterocycles.